The summed E-state index contributed by atoms with van der Waals surface area (Å²) >= 11 is 0. The Labute approximate surface area is 161 Å². The number of rotatable bonds is 5. The summed E-state index contributed by atoms with van der Waals surface area (Å²) in [6.07, 6.45) is 2.38. The maximum absolute atomic E-state index is 12.7. The fourth-order valence-corrected chi connectivity index (χ4v) is 4.25. The topological polar surface area (TPSA) is 41.6 Å². The Bertz CT molecular complexity index is 779. The molecule has 1 aliphatic heterocycles. The van der Waals surface area contributed by atoms with Crippen LogP contribution in [0, 0.1) is 6.92 Å². The molecule has 0 bridgehead atoms. The third-order valence-corrected chi connectivity index (χ3v) is 5.82. The summed E-state index contributed by atoms with van der Waals surface area (Å²) < 4.78 is 5.68. The largest absolute Gasteiger partial charge is 0.378 e. The predicted octanol–water partition coefficient (Wildman–Crippen LogP) is 2.87. The molecule has 27 heavy (non-hydrogen) atoms. The second-order valence-electron chi connectivity index (χ2n) is 7.77. The van der Waals surface area contributed by atoms with Gasteiger partial charge in [-0.3, -0.25) is 9.69 Å². The lowest BCUT2D eigenvalue weighted by Gasteiger charge is -2.35. The van der Waals surface area contributed by atoms with E-state index in [9.17, 15) is 4.79 Å². The fourth-order valence-electron chi connectivity index (χ4n) is 4.25. The molecule has 2 aliphatic rings. The van der Waals surface area contributed by atoms with Crippen molar-refractivity contribution < 1.29 is 9.53 Å². The van der Waals surface area contributed by atoms with E-state index >= 15 is 0 Å². The molecule has 4 nitrogen and oxygen atoms in total. The van der Waals surface area contributed by atoms with Crippen molar-refractivity contribution in [3.63, 3.8) is 0 Å². The van der Waals surface area contributed by atoms with Crippen LogP contribution >= 0.6 is 0 Å². The van der Waals surface area contributed by atoms with E-state index < -0.39 is 0 Å². The van der Waals surface area contributed by atoms with E-state index in [1.165, 1.54) is 22.3 Å². The fraction of sp³-hybridized carbons (Fsp3) is 0.435. The summed E-state index contributed by atoms with van der Waals surface area (Å²) in [7, 11) is 0. The SMILES string of the molecule is Cc1ccccc1CN1CCOC[C@@H]1CC(=O)NC1Cc2ccccc2C1. The van der Waals surface area contributed by atoms with Crippen molar-refractivity contribution in [2.24, 2.45) is 0 Å². The van der Waals surface area contributed by atoms with Gasteiger partial charge in [-0.25, -0.2) is 0 Å². The summed E-state index contributed by atoms with van der Waals surface area (Å²) in [6, 6.07) is 17.3. The Balaban J connectivity index is 1.34. The molecular formula is C23H28N2O2. The minimum absolute atomic E-state index is 0.137. The van der Waals surface area contributed by atoms with Crippen molar-refractivity contribution in [1.29, 1.82) is 0 Å². The number of carbonyl (C=O) groups is 1. The molecule has 1 fully saturated rings. The zero-order chi connectivity index (χ0) is 18.6. The van der Waals surface area contributed by atoms with Gasteiger partial charge in [0.15, 0.2) is 0 Å². The van der Waals surface area contributed by atoms with Crippen LogP contribution in [0.1, 0.15) is 28.7 Å². The normalized spacial score (nSPS) is 20.4. The third kappa shape index (κ3) is 4.40. The molecule has 142 valence electrons. The van der Waals surface area contributed by atoms with Gasteiger partial charge < -0.3 is 10.1 Å². The van der Waals surface area contributed by atoms with Crippen LogP contribution in [-0.4, -0.2) is 42.6 Å². The van der Waals surface area contributed by atoms with Crippen LogP contribution < -0.4 is 5.32 Å². The van der Waals surface area contributed by atoms with Gasteiger partial charge in [0.2, 0.25) is 5.91 Å². The second kappa shape index (κ2) is 8.24. The molecule has 1 saturated heterocycles. The standard InChI is InChI=1S/C23H28N2O2/c1-17-6-2-3-9-20(17)15-25-10-11-27-16-22(25)14-23(26)24-21-12-18-7-4-5-8-19(18)13-21/h2-9,21-22H,10-16H2,1H3,(H,24,26)/t22-/m0/s1. The van der Waals surface area contributed by atoms with Gasteiger partial charge in [0, 0.05) is 31.6 Å². The number of ether oxygens (including phenoxy) is 1. The number of amides is 1. The number of nitrogens with zero attached hydrogens (tertiary/aromatic N) is 1. The lowest BCUT2D eigenvalue weighted by atomic mass is 10.1. The third-order valence-electron chi connectivity index (χ3n) is 5.82. The molecule has 4 heteroatoms. The zero-order valence-corrected chi connectivity index (χ0v) is 16.0. The van der Waals surface area contributed by atoms with Crippen molar-refractivity contribution in [3.8, 4) is 0 Å². The molecule has 1 amide bonds. The van der Waals surface area contributed by atoms with Gasteiger partial charge in [-0.2, -0.15) is 0 Å². The molecule has 2 aromatic rings. The number of hydrogen-bond acceptors (Lipinski definition) is 3. The van der Waals surface area contributed by atoms with Gasteiger partial charge in [0.05, 0.1) is 13.2 Å². The van der Waals surface area contributed by atoms with Crippen molar-refractivity contribution >= 4 is 5.91 Å². The Morgan fingerprint density at radius 3 is 2.56 bits per heavy atom. The number of aryl methyl sites for hydroxylation is 1. The monoisotopic (exact) mass is 364 g/mol. The summed E-state index contributed by atoms with van der Waals surface area (Å²) in [5.41, 5.74) is 5.36. The van der Waals surface area contributed by atoms with Crippen LogP contribution in [0.25, 0.3) is 0 Å². The van der Waals surface area contributed by atoms with E-state index in [2.05, 4.69) is 65.7 Å². The van der Waals surface area contributed by atoms with Crippen LogP contribution in [0.2, 0.25) is 0 Å². The number of morpholine rings is 1. The lowest BCUT2D eigenvalue weighted by Crippen LogP contribution is -2.48. The molecule has 1 N–H and O–H groups in total. The molecule has 1 heterocycles. The summed E-state index contributed by atoms with van der Waals surface area (Å²) in [4.78, 5) is 15.1. The number of fused-ring (bicyclic) bond motifs is 1. The van der Waals surface area contributed by atoms with Crippen LogP contribution in [0.4, 0.5) is 0 Å². The van der Waals surface area contributed by atoms with Crippen molar-refractivity contribution in [2.75, 3.05) is 19.8 Å². The maximum atomic E-state index is 12.7. The quantitative estimate of drug-likeness (QED) is 0.887. The molecule has 1 aliphatic carbocycles. The van der Waals surface area contributed by atoms with E-state index in [0.717, 1.165) is 32.5 Å². The Morgan fingerprint density at radius 2 is 1.81 bits per heavy atom. The first kappa shape index (κ1) is 18.2. The van der Waals surface area contributed by atoms with Crippen molar-refractivity contribution in [2.45, 2.75) is 44.8 Å². The molecule has 0 spiro atoms. The first-order valence-electron chi connectivity index (χ1n) is 9.91. The van der Waals surface area contributed by atoms with E-state index in [4.69, 9.17) is 4.74 Å². The smallest absolute Gasteiger partial charge is 0.221 e. The number of nitrogens with one attached hydrogen (secondary N) is 1. The molecule has 0 radical (unpaired) electrons. The average molecular weight is 364 g/mol. The molecule has 0 unspecified atom stereocenters. The summed E-state index contributed by atoms with van der Waals surface area (Å²) in [5.74, 6) is 0.137. The van der Waals surface area contributed by atoms with Crippen LogP contribution in [0.15, 0.2) is 48.5 Å². The van der Waals surface area contributed by atoms with E-state index in [0.29, 0.717) is 13.0 Å². The van der Waals surface area contributed by atoms with E-state index in [-0.39, 0.29) is 18.0 Å². The molecule has 0 saturated carbocycles. The Morgan fingerprint density at radius 1 is 1.11 bits per heavy atom. The highest BCUT2D eigenvalue weighted by atomic mass is 16.5. The molecule has 4 rings (SSSR count). The minimum atomic E-state index is 0.137. The predicted molar refractivity (Wildman–Crippen MR) is 107 cm³/mol. The highest BCUT2D eigenvalue weighted by Gasteiger charge is 2.28. The van der Waals surface area contributed by atoms with Crippen LogP contribution in [0.3, 0.4) is 0 Å². The van der Waals surface area contributed by atoms with Crippen molar-refractivity contribution in [1.82, 2.24) is 10.2 Å². The van der Waals surface area contributed by atoms with Crippen LogP contribution in [-0.2, 0) is 28.9 Å². The zero-order valence-electron chi connectivity index (χ0n) is 16.0. The van der Waals surface area contributed by atoms with E-state index in [1.54, 1.807) is 0 Å². The molecule has 2 aromatic carbocycles. The van der Waals surface area contributed by atoms with Crippen LogP contribution in [0.5, 0.6) is 0 Å². The average Bonchev–Trinajstić information content (AvgIpc) is 3.07. The molecule has 0 aromatic heterocycles. The first-order chi connectivity index (χ1) is 13.2. The van der Waals surface area contributed by atoms with E-state index in [1.807, 2.05) is 0 Å². The highest BCUT2D eigenvalue weighted by molar-refractivity contribution is 5.77. The summed E-state index contributed by atoms with van der Waals surface area (Å²) in [5, 5.41) is 3.25. The second-order valence-corrected chi connectivity index (χ2v) is 7.77. The first-order valence-corrected chi connectivity index (χ1v) is 9.91. The highest BCUT2D eigenvalue weighted by Crippen LogP contribution is 2.22. The van der Waals surface area contributed by atoms with Gasteiger partial charge in [0.1, 0.15) is 0 Å². The number of carbonyl (C=O) groups excluding carboxylic acids is 1. The van der Waals surface area contributed by atoms with Gasteiger partial charge in [-0.15, -0.1) is 0 Å². The molecule has 1 atom stereocenters. The molecular weight excluding hydrogens is 336 g/mol. The summed E-state index contributed by atoms with van der Waals surface area (Å²) in [6.45, 7) is 5.27. The lowest BCUT2D eigenvalue weighted by molar-refractivity contribution is -0.125. The van der Waals surface area contributed by atoms with Gasteiger partial charge in [0.25, 0.3) is 0 Å². The number of benzene rings is 2. The Kier molecular flexibility index (Phi) is 5.55. The minimum Gasteiger partial charge on any atom is -0.378 e. The Hall–Kier alpha value is -2.17. The van der Waals surface area contributed by atoms with Crippen molar-refractivity contribution in [3.05, 3.63) is 70.8 Å². The van der Waals surface area contributed by atoms with Gasteiger partial charge in [-0.1, -0.05) is 48.5 Å². The maximum Gasteiger partial charge on any atom is 0.221 e. The number of hydrogen-bond donors (Lipinski definition) is 1. The van der Waals surface area contributed by atoms with Gasteiger partial charge in [-0.05, 0) is 42.0 Å². The van der Waals surface area contributed by atoms with Gasteiger partial charge >= 0.3 is 0 Å².